The van der Waals surface area contributed by atoms with Crippen LogP contribution in [0.3, 0.4) is 0 Å². The zero-order valence-electron chi connectivity index (χ0n) is 18.9. The molecule has 32 heavy (non-hydrogen) atoms. The standard InChI is InChI=1S/C14H13NO2.C14H15N/c1-10-5-3-6-11(2)14(10)12-7-4-8-13(9-12)15(16)17;1-10-5-3-6-11(2)14(10)12-7-4-8-13(15)9-12/h3-9H,1-2H3;3-9H,15H2,1-2H3. The number of anilines is 1. The SMILES string of the molecule is Cc1cccc(C)c1-c1cccc(N)c1.Cc1cccc(C)c1-c1cccc([N+](=O)[O-])c1. The molecule has 0 fully saturated rings. The summed E-state index contributed by atoms with van der Waals surface area (Å²) in [6, 6.07) is 27.2. The summed E-state index contributed by atoms with van der Waals surface area (Å²) >= 11 is 0. The van der Waals surface area contributed by atoms with E-state index >= 15 is 0 Å². The highest BCUT2D eigenvalue weighted by Gasteiger charge is 2.10. The Morgan fingerprint density at radius 2 is 1.03 bits per heavy atom. The van der Waals surface area contributed by atoms with E-state index in [0.29, 0.717) is 0 Å². The predicted octanol–water partition coefficient (Wildman–Crippen LogP) is 7.43. The van der Waals surface area contributed by atoms with Crippen LogP contribution in [-0.2, 0) is 0 Å². The number of nitrogens with two attached hydrogens (primary N) is 1. The molecule has 0 heterocycles. The third-order valence-electron chi connectivity index (χ3n) is 5.48. The Kier molecular flexibility index (Phi) is 7.06. The number of non-ortho nitro benzene ring substituents is 1. The Labute approximate surface area is 189 Å². The molecule has 4 rings (SSSR count). The first-order valence-electron chi connectivity index (χ1n) is 10.5. The fourth-order valence-corrected chi connectivity index (χ4v) is 4.01. The second-order valence-corrected chi connectivity index (χ2v) is 7.97. The van der Waals surface area contributed by atoms with Crippen LogP contribution in [0.1, 0.15) is 22.3 Å². The monoisotopic (exact) mass is 424 g/mol. The van der Waals surface area contributed by atoms with Crippen molar-refractivity contribution in [1.82, 2.24) is 0 Å². The number of nitrogens with zero attached hydrogens (tertiary/aromatic N) is 1. The largest absolute Gasteiger partial charge is 0.399 e. The number of benzene rings is 4. The predicted molar refractivity (Wildman–Crippen MR) is 134 cm³/mol. The van der Waals surface area contributed by atoms with Crippen molar-refractivity contribution in [3.05, 3.63) is 117 Å². The second-order valence-electron chi connectivity index (χ2n) is 7.97. The van der Waals surface area contributed by atoms with Crippen molar-refractivity contribution in [2.45, 2.75) is 27.7 Å². The maximum absolute atomic E-state index is 10.8. The maximum Gasteiger partial charge on any atom is 0.270 e. The van der Waals surface area contributed by atoms with Gasteiger partial charge in [0.15, 0.2) is 0 Å². The van der Waals surface area contributed by atoms with Crippen LogP contribution < -0.4 is 5.73 Å². The van der Waals surface area contributed by atoms with Gasteiger partial charge < -0.3 is 5.73 Å². The van der Waals surface area contributed by atoms with E-state index in [2.05, 4.69) is 38.1 Å². The summed E-state index contributed by atoms with van der Waals surface area (Å²) in [5.41, 5.74) is 16.1. The van der Waals surface area contributed by atoms with Crippen LogP contribution in [0.4, 0.5) is 11.4 Å². The van der Waals surface area contributed by atoms with Crippen molar-refractivity contribution in [2.24, 2.45) is 0 Å². The fourth-order valence-electron chi connectivity index (χ4n) is 4.01. The summed E-state index contributed by atoms with van der Waals surface area (Å²) < 4.78 is 0. The van der Waals surface area contributed by atoms with Gasteiger partial charge >= 0.3 is 0 Å². The van der Waals surface area contributed by atoms with Crippen LogP contribution in [0, 0.1) is 37.8 Å². The first-order chi connectivity index (χ1) is 15.3. The molecule has 2 N–H and O–H groups in total. The topological polar surface area (TPSA) is 69.2 Å². The molecule has 4 aromatic rings. The third-order valence-corrected chi connectivity index (χ3v) is 5.48. The van der Waals surface area contributed by atoms with Gasteiger partial charge in [0.1, 0.15) is 0 Å². The second kappa shape index (κ2) is 9.92. The Morgan fingerprint density at radius 3 is 1.47 bits per heavy atom. The van der Waals surface area contributed by atoms with Crippen molar-refractivity contribution in [1.29, 1.82) is 0 Å². The van der Waals surface area contributed by atoms with Gasteiger partial charge in [-0.1, -0.05) is 60.7 Å². The molecule has 0 aliphatic rings. The Bertz CT molecular complexity index is 1220. The first-order valence-corrected chi connectivity index (χ1v) is 10.5. The molecule has 0 saturated heterocycles. The molecule has 0 radical (unpaired) electrons. The highest BCUT2D eigenvalue weighted by molar-refractivity contribution is 5.73. The summed E-state index contributed by atoms with van der Waals surface area (Å²) in [6.07, 6.45) is 0. The van der Waals surface area contributed by atoms with Gasteiger partial charge in [-0.2, -0.15) is 0 Å². The van der Waals surface area contributed by atoms with E-state index in [-0.39, 0.29) is 10.6 Å². The van der Waals surface area contributed by atoms with Crippen LogP contribution in [0.5, 0.6) is 0 Å². The van der Waals surface area contributed by atoms with E-state index in [1.807, 2.05) is 56.3 Å². The Morgan fingerprint density at radius 1 is 0.625 bits per heavy atom. The number of hydrogen-bond acceptors (Lipinski definition) is 3. The quantitative estimate of drug-likeness (QED) is 0.211. The molecular weight excluding hydrogens is 396 g/mol. The van der Waals surface area contributed by atoms with Crippen LogP contribution in [0.15, 0.2) is 84.9 Å². The van der Waals surface area contributed by atoms with Crippen molar-refractivity contribution in [3.8, 4) is 22.3 Å². The zero-order chi connectivity index (χ0) is 23.3. The van der Waals surface area contributed by atoms with E-state index in [1.165, 1.54) is 28.3 Å². The highest BCUT2D eigenvalue weighted by Crippen LogP contribution is 2.30. The van der Waals surface area contributed by atoms with E-state index in [9.17, 15) is 10.1 Å². The van der Waals surface area contributed by atoms with Crippen LogP contribution in [0.25, 0.3) is 22.3 Å². The number of nitro benzene ring substituents is 1. The van der Waals surface area contributed by atoms with Crippen LogP contribution >= 0.6 is 0 Å². The van der Waals surface area contributed by atoms with E-state index in [0.717, 1.165) is 27.9 Å². The van der Waals surface area contributed by atoms with Crippen molar-refractivity contribution in [3.63, 3.8) is 0 Å². The number of nitrogen functional groups attached to an aromatic ring is 1. The number of aryl methyl sites for hydroxylation is 4. The van der Waals surface area contributed by atoms with Gasteiger partial charge in [-0.25, -0.2) is 0 Å². The first kappa shape index (κ1) is 22.8. The summed E-state index contributed by atoms with van der Waals surface area (Å²) in [4.78, 5) is 10.4. The lowest BCUT2D eigenvalue weighted by Crippen LogP contribution is -1.91. The lowest BCUT2D eigenvalue weighted by atomic mass is 9.96. The lowest BCUT2D eigenvalue weighted by Gasteiger charge is -2.10. The average molecular weight is 425 g/mol. The molecule has 4 aromatic carbocycles. The molecule has 0 bridgehead atoms. The molecule has 0 aliphatic heterocycles. The molecule has 0 atom stereocenters. The molecule has 0 aromatic heterocycles. The lowest BCUT2D eigenvalue weighted by molar-refractivity contribution is -0.384. The van der Waals surface area contributed by atoms with Crippen LogP contribution in [-0.4, -0.2) is 4.92 Å². The maximum atomic E-state index is 10.8. The van der Waals surface area contributed by atoms with Gasteiger partial charge in [0, 0.05) is 17.8 Å². The Balaban J connectivity index is 0.000000182. The molecule has 0 unspecified atom stereocenters. The fraction of sp³-hybridized carbons (Fsp3) is 0.143. The molecule has 4 heteroatoms. The molecular formula is C28H28N2O2. The zero-order valence-corrected chi connectivity index (χ0v) is 18.9. The van der Waals surface area contributed by atoms with Gasteiger partial charge in [0.2, 0.25) is 0 Å². The minimum Gasteiger partial charge on any atom is -0.399 e. The molecule has 0 amide bonds. The smallest absolute Gasteiger partial charge is 0.270 e. The normalized spacial score (nSPS) is 10.2. The molecule has 162 valence electrons. The molecule has 4 nitrogen and oxygen atoms in total. The number of hydrogen-bond donors (Lipinski definition) is 1. The number of rotatable bonds is 3. The van der Waals surface area contributed by atoms with Crippen molar-refractivity contribution in [2.75, 3.05) is 5.73 Å². The minimum atomic E-state index is -0.364. The van der Waals surface area contributed by atoms with Crippen molar-refractivity contribution >= 4 is 11.4 Å². The number of nitro groups is 1. The summed E-state index contributed by atoms with van der Waals surface area (Å²) in [7, 11) is 0. The van der Waals surface area contributed by atoms with E-state index in [1.54, 1.807) is 12.1 Å². The van der Waals surface area contributed by atoms with Gasteiger partial charge in [0.05, 0.1) is 4.92 Å². The van der Waals surface area contributed by atoms with E-state index in [4.69, 9.17) is 5.73 Å². The average Bonchev–Trinajstić information content (AvgIpc) is 2.74. The molecule has 0 aliphatic carbocycles. The highest BCUT2D eigenvalue weighted by atomic mass is 16.6. The van der Waals surface area contributed by atoms with Gasteiger partial charge in [-0.3, -0.25) is 10.1 Å². The van der Waals surface area contributed by atoms with Gasteiger partial charge in [-0.05, 0) is 84.3 Å². The van der Waals surface area contributed by atoms with Gasteiger partial charge in [-0.15, -0.1) is 0 Å². The molecule has 0 spiro atoms. The van der Waals surface area contributed by atoms with E-state index < -0.39 is 0 Å². The van der Waals surface area contributed by atoms with Gasteiger partial charge in [0.25, 0.3) is 5.69 Å². The molecule has 0 saturated carbocycles. The minimum absolute atomic E-state index is 0.130. The van der Waals surface area contributed by atoms with Crippen molar-refractivity contribution < 1.29 is 4.92 Å². The Hall–Kier alpha value is -3.92. The van der Waals surface area contributed by atoms with Crippen LogP contribution in [0.2, 0.25) is 0 Å². The summed E-state index contributed by atoms with van der Waals surface area (Å²) in [6.45, 7) is 8.29. The summed E-state index contributed by atoms with van der Waals surface area (Å²) in [5, 5.41) is 10.8. The third kappa shape index (κ3) is 5.22. The summed E-state index contributed by atoms with van der Waals surface area (Å²) in [5.74, 6) is 0.